The minimum absolute atomic E-state index is 0.119. The summed E-state index contributed by atoms with van der Waals surface area (Å²) in [5, 5.41) is 11.5. The Balaban J connectivity index is 2.12. The van der Waals surface area contributed by atoms with Crippen molar-refractivity contribution >= 4 is 17.7 Å². The number of carboxylic acid groups (broad SMARTS) is 1. The number of nitrogens with one attached hydrogen (secondary N) is 1. The third-order valence-corrected chi connectivity index (χ3v) is 3.21. The second-order valence-corrected chi connectivity index (χ2v) is 6.78. The number of carbonyl (C=O) groups excluding carboxylic acids is 1. The molecule has 0 heterocycles. The molecule has 0 bridgehead atoms. The number of ether oxygens (including phenoxy) is 2. The number of hydrogen-bond donors (Lipinski definition) is 2. The van der Waals surface area contributed by atoms with Crippen LogP contribution >= 0.6 is 0 Å². The summed E-state index contributed by atoms with van der Waals surface area (Å²) in [5.74, 6) is 0.167. The Bertz CT molecular complexity index is 587. The Labute approximate surface area is 135 Å². The molecular formula is C17H23NO5. The zero-order valence-corrected chi connectivity index (χ0v) is 13.7. The van der Waals surface area contributed by atoms with Crippen LogP contribution in [0.15, 0.2) is 18.2 Å². The maximum atomic E-state index is 12.0. The molecule has 2 rings (SSSR count). The third-order valence-electron chi connectivity index (χ3n) is 3.21. The van der Waals surface area contributed by atoms with Crippen LogP contribution in [0, 0.1) is 5.92 Å². The van der Waals surface area contributed by atoms with E-state index in [2.05, 4.69) is 5.32 Å². The fourth-order valence-electron chi connectivity index (χ4n) is 1.99. The minimum Gasteiger partial charge on any atom is -0.491 e. The maximum absolute atomic E-state index is 12.0. The minimum atomic E-state index is -0.931. The van der Waals surface area contributed by atoms with Gasteiger partial charge in [0.05, 0.1) is 18.7 Å². The zero-order valence-electron chi connectivity index (χ0n) is 13.7. The van der Waals surface area contributed by atoms with Crippen LogP contribution in [0.1, 0.15) is 39.2 Å². The van der Waals surface area contributed by atoms with Gasteiger partial charge in [0.2, 0.25) is 0 Å². The van der Waals surface area contributed by atoms with Crippen molar-refractivity contribution in [3.63, 3.8) is 0 Å². The highest BCUT2D eigenvalue weighted by Gasteiger charge is 2.23. The van der Waals surface area contributed by atoms with Crippen molar-refractivity contribution in [2.75, 3.05) is 11.9 Å². The van der Waals surface area contributed by atoms with Crippen molar-refractivity contribution in [3.8, 4) is 5.75 Å². The van der Waals surface area contributed by atoms with Crippen LogP contribution in [0.4, 0.5) is 10.5 Å². The van der Waals surface area contributed by atoms with Gasteiger partial charge in [0.1, 0.15) is 11.4 Å². The monoisotopic (exact) mass is 321 g/mol. The SMILES string of the molecule is CC(C)(C)OC(=O)Nc1cc(CC(=O)O)ccc1OCC1CC1. The second kappa shape index (κ2) is 6.89. The highest BCUT2D eigenvalue weighted by atomic mass is 16.6. The largest absolute Gasteiger partial charge is 0.491 e. The molecule has 6 nitrogen and oxygen atoms in total. The fraction of sp³-hybridized carbons (Fsp3) is 0.529. The normalized spacial score (nSPS) is 14.2. The lowest BCUT2D eigenvalue weighted by molar-refractivity contribution is -0.136. The first kappa shape index (κ1) is 17.1. The molecule has 0 aliphatic heterocycles. The molecule has 126 valence electrons. The summed E-state index contributed by atoms with van der Waals surface area (Å²) in [7, 11) is 0. The van der Waals surface area contributed by atoms with E-state index in [1.807, 2.05) is 0 Å². The highest BCUT2D eigenvalue weighted by molar-refractivity contribution is 5.87. The molecular weight excluding hydrogens is 298 g/mol. The maximum Gasteiger partial charge on any atom is 0.412 e. The molecule has 0 radical (unpaired) electrons. The van der Waals surface area contributed by atoms with E-state index >= 15 is 0 Å². The summed E-state index contributed by atoms with van der Waals surface area (Å²) in [4.78, 5) is 22.8. The molecule has 0 atom stereocenters. The van der Waals surface area contributed by atoms with Gasteiger partial charge in [0, 0.05) is 0 Å². The van der Waals surface area contributed by atoms with Crippen molar-refractivity contribution in [1.29, 1.82) is 0 Å². The average Bonchev–Trinajstić information content (AvgIpc) is 3.18. The quantitative estimate of drug-likeness (QED) is 0.838. The smallest absolute Gasteiger partial charge is 0.412 e. The Kier molecular flexibility index (Phi) is 5.13. The molecule has 1 saturated carbocycles. The van der Waals surface area contributed by atoms with E-state index in [1.54, 1.807) is 39.0 Å². The van der Waals surface area contributed by atoms with Crippen LogP contribution in [0.25, 0.3) is 0 Å². The van der Waals surface area contributed by atoms with Crippen LogP contribution in [0.3, 0.4) is 0 Å². The molecule has 6 heteroatoms. The average molecular weight is 321 g/mol. The third kappa shape index (κ3) is 6.18. The van der Waals surface area contributed by atoms with E-state index in [4.69, 9.17) is 14.6 Å². The van der Waals surface area contributed by atoms with Crippen molar-refractivity contribution < 1.29 is 24.2 Å². The Morgan fingerprint density at radius 3 is 2.57 bits per heavy atom. The van der Waals surface area contributed by atoms with Gasteiger partial charge in [0.15, 0.2) is 0 Å². The molecule has 0 aromatic heterocycles. The number of benzene rings is 1. The first-order valence-corrected chi connectivity index (χ1v) is 7.70. The summed E-state index contributed by atoms with van der Waals surface area (Å²) in [5.41, 5.74) is 0.401. The summed E-state index contributed by atoms with van der Waals surface area (Å²) in [6, 6.07) is 4.99. The van der Waals surface area contributed by atoms with Gasteiger partial charge in [-0.3, -0.25) is 10.1 Å². The Morgan fingerprint density at radius 1 is 1.30 bits per heavy atom. The van der Waals surface area contributed by atoms with Gasteiger partial charge in [-0.25, -0.2) is 4.79 Å². The lowest BCUT2D eigenvalue weighted by Gasteiger charge is -2.20. The number of amides is 1. The topological polar surface area (TPSA) is 84.9 Å². The van der Waals surface area contributed by atoms with Gasteiger partial charge >= 0.3 is 12.1 Å². The fourth-order valence-corrected chi connectivity index (χ4v) is 1.99. The van der Waals surface area contributed by atoms with Crippen molar-refractivity contribution in [2.45, 2.75) is 45.6 Å². The van der Waals surface area contributed by atoms with E-state index < -0.39 is 17.7 Å². The van der Waals surface area contributed by atoms with Gasteiger partial charge in [-0.1, -0.05) is 6.07 Å². The van der Waals surface area contributed by atoms with E-state index in [9.17, 15) is 9.59 Å². The molecule has 1 fully saturated rings. The molecule has 1 amide bonds. The summed E-state index contributed by atoms with van der Waals surface area (Å²) in [6.07, 6.45) is 1.60. The summed E-state index contributed by atoms with van der Waals surface area (Å²) < 4.78 is 11.0. The number of anilines is 1. The van der Waals surface area contributed by atoms with Gasteiger partial charge in [-0.15, -0.1) is 0 Å². The van der Waals surface area contributed by atoms with E-state index in [0.717, 1.165) is 12.8 Å². The Hall–Kier alpha value is -2.24. The molecule has 0 saturated heterocycles. The molecule has 23 heavy (non-hydrogen) atoms. The first-order chi connectivity index (χ1) is 10.7. The van der Waals surface area contributed by atoms with Crippen LogP contribution in [0.2, 0.25) is 0 Å². The van der Waals surface area contributed by atoms with Gasteiger partial charge in [-0.2, -0.15) is 0 Å². The number of carbonyl (C=O) groups is 2. The molecule has 1 aliphatic rings. The molecule has 1 aromatic carbocycles. The van der Waals surface area contributed by atoms with Crippen LogP contribution in [0.5, 0.6) is 5.75 Å². The number of aliphatic carboxylic acids is 1. The molecule has 2 N–H and O–H groups in total. The molecule has 0 spiro atoms. The van der Waals surface area contributed by atoms with Crippen LogP contribution < -0.4 is 10.1 Å². The summed E-state index contributed by atoms with van der Waals surface area (Å²) >= 11 is 0. The van der Waals surface area contributed by atoms with E-state index in [-0.39, 0.29) is 6.42 Å². The number of carboxylic acids is 1. The molecule has 1 aromatic rings. The first-order valence-electron chi connectivity index (χ1n) is 7.70. The number of rotatable bonds is 6. The lowest BCUT2D eigenvalue weighted by Crippen LogP contribution is -2.27. The van der Waals surface area contributed by atoms with E-state index in [1.165, 1.54) is 0 Å². The predicted molar refractivity (Wildman–Crippen MR) is 85.9 cm³/mol. The zero-order chi connectivity index (χ0) is 17.0. The van der Waals surface area contributed by atoms with Crippen LogP contribution in [-0.4, -0.2) is 29.4 Å². The standard InChI is InChI=1S/C17H23NO5/c1-17(2,3)23-16(21)18-13-8-12(9-15(19)20)6-7-14(13)22-10-11-4-5-11/h6-8,11H,4-5,9-10H2,1-3H3,(H,18,21)(H,19,20). The Morgan fingerprint density at radius 2 is 2.00 bits per heavy atom. The van der Waals surface area contributed by atoms with E-state index in [0.29, 0.717) is 29.5 Å². The number of hydrogen-bond acceptors (Lipinski definition) is 4. The van der Waals surface area contributed by atoms with Crippen LogP contribution in [-0.2, 0) is 16.0 Å². The predicted octanol–water partition coefficient (Wildman–Crippen LogP) is 3.45. The van der Waals surface area contributed by atoms with Crippen molar-refractivity contribution in [3.05, 3.63) is 23.8 Å². The van der Waals surface area contributed by atoms with Gasteiger partial charge < -0.3 is 14.6 Å². The van der Waals surface area contributed by atoms with Gasteiger partial charge in [0.25, 0.3) is 0 Å². The lowest BCUT2D eigenvalue weighted by atomic mass is 10.1. The summed E-state index contributed by atoms with van der Waals surface area (Å²) in [6.45, 7) is 5.93. The molecule has 1 aliphatic carbocycles. The highest BCUT2D eigenvalue weighted by Crippen LogP contribution is 2.32. The second-order valence-electron chi connectivity index (χ2n) is 6.78. The van der Waals surface area contributed by atoms with Gasteiger partial charge in [-0.05, 0) is 57.2 Å². The van der Waals surface area contributed by atoms with Crippen molar-refractivity contribution in [2.24, 2.45) is 5.92 Å². The molecule has 0 unspecified atom stereocenters. The van der Waals surface area contributed by atoms with Crippen molar-refractivity contribution in [1.82, 2.24) is 0 Å².